The van der Waals surface area contributed by atoms with Crippen molar-refractivity contribution in [3.63, 3.8) is 0 Å². The van der Waals surface area contributed by atoms with Crippen LogP contribution in [0.5, 0.6) is 0 Å². The highest BCUT2D eigenvalue weighted by Crippen LogP contribution is 2.22. The van der Waals surface area contributed by atoms with Crippen molar-refractivity contribution in [3.05, 3.63) is 12.1 Å². The second kappa shape index (κ2) is 3.13. The van der Waals surface area contributed by atoms with E-state index in [1.165, 1.54) is 4.63 Å². The number of aromatic nitrogens is 5. The van der Waals surface area contributed by atoms with Crippen LogP contribution < -0.4 is 5.32 Å². The molecule has 0 unspecified atom stereocenters. The maximum Gasteiger partial charge on any atom is 0.200 e. The van der Waals surface area contributed by atoms with Crippen LogP contribution in [0.3, 0.4) is 0 Å². The number of hydrogen-bond donors (Lipinski definition) is 2. The Morgan fingerprint density at radius 2 is 2.27 bits per heavy atom. The summed E-state index contributed by atoms with van der Waals surface area (Å²) in [6.07, 6.45) is 1.38. The van der Waals surface area contributed by atoms with Gasteiger partial charge in [0.25, 0.3) is 0 Å². The number of tetrazole rings is 1. The molecule has 1 saturated carbocycles. The second-order valence-corrected chi connectivity index (χ2v) is 3.71. The van der Waals surface area contributed by atoms with Gasteiger partial charge in [-0.05, 0) is 35.4 Å². The first kappa shape index (κ1) is 8.54. The number of rotatable bonds is 2. The van der Waals surface area contributed by atoms with E-state index in [0.29, 0.717) is 11.7 Å². The molecule has 1 aliphatic carbocycles. The van der Waals surface area contributed by atoms with Crippen LogP contribution in [-0.2, 0) is 0 Å². The summed E-state index contributed by atoms with van der Waals surface area (Å²) in [5.41, 5.74) is 0.620. The number of hydrogen-bond acceptors (Lipinski definition) is 6. The van der Waals surface area contributed by atoms with Gasteiger partial charge in [-0.15, -0.1) is 14.8 Å². The average molecular weight is 206 g/mol. The van der Waals surface area contributed by atoms with E-state index in [1.54, 1.807) is 6.07 Å². The zero-order chi connectivity index (χ0) is 10.3. The number of nitrogens with one attached hydrogen (secondary N) is 1. The third-order valence-corrected chi connectivity index (χ3v) is 2.53. The predicted octanol–water partition coefficient (Wildman–Crippen LogP) is -0.546. The van der Waals surface area contributed by atoms with Gasteiger partial charge in [0.15, 0.2) is 5.65 Å². The Balaban J connectivity index is 1.79. The van der Waals surface area contributed by atoms with Crippen molar-refractivity contribution >= 4 is 11.5 Å². The molecule has 78 valence electrons. The number of fused-ring (bicyclic) bond motifs is 1. The van der Waals surface area contributed by atoms with Crippen LogP contribution in [0, 0.1) is 0 Å². The lowest BCUT2D eigenvalue weighted by Crippen LogP contribution is -2.39. The molecule has 1 fully saturated rings. The van der Waals surface area contributed by atoms with Crippen LogP contribution in [0.1, 0.15) is 12.8 Å². The minimum absolute atomic E-state index is 0.167. The van der Waals surface area contributed by atoms with Crippen molar-refractivity contribution in [3.8, 4) is 0 Å². The molecule has 0 bridgehead atoms. The van der Waals surface area contributed by atoms with Gasteiger partial charge in [0.1, 0.15) is 5.82 Å². The maximum atomic E-state index is 9.14. The molecule has 0 radical (unpaired) electrons. The van der Waals surface area contributed by atoms with Crippen molar-refractivity contribution in [1.29, 1.82) is 0 Å². The monoisotopic (exact) mass is 206 g/mol. The lowest BCUT2D eigenvalue weighted by molar-refractivity contribution is 0.0835. The summed E-state index contributed by atoms with van der Waals surface area (Å²) in [6.45, 7) is 0. The Morgan fingerprint density at radius 3 is 3.07 bits per heavy atom. The molecule has 7 heteroatoms. The van der Waals surface area contributed by atoms with Crippen LogP contribution in [0.2, 0.25) is 0 Å². The molecule has 2 heterocycles. The van der Waals surface area contributed by atoms with Gasteiger partial charge in [-0.3, -0.25) is 0 Å². The lowest BCUT2D eigenvalue weighted by Gasteiger charge is -2.32. The highest BCUT2D eigenvalue weighted by molar-refractivity contribution is 5.43. The molecule has 2 N–H and O–H groups in total. The van der Waals surface area contributed by atoms with Crippen LogP contribution in [0.4, 0.5) is 5.82 Å². The van der Waals surface area contributed by atoms with Crippen molar-refractivity contribution < 1.29 is 5.11 Å². The van der Waals surface area contributed by atoms with E-state index >= 15 is 0 Å². The molecule has 0 amide bonds. The quantitative estimate of drug-likeness (QED) is 0.685. The molecule has 3 rings (SSSR count). The first-order chi connectivity index (χ1) is 7.31. The Morgan fingerprint density at radius 1 is 1.40 bits per heavy atom. The van der Waals surface area contributed by atoms with Gasteiger partial charge in [-0.2, -0.15) is 0 Å². The summed E-state index contributed by atoms with van der Waals surface area (Å²) < 4.78 is 1.37. The van der Waals surface area contributed by atoms with Crippen molar-refractivity contribution in [2.75, 3.05) is 5.32 Å². The first-order valence-electron chi connectivity index (χ1n) is 4.81. The van der Waals surface area contributed by atoms with Crippen molar-refractivity contribution in [1.82, 2.24) is 25.3 Å². The Labute approximate surface area is 85.1 Å². The second-order valence-electron chi connectivity index (χ2n) is 3.71. The maximum absolute atomic E-state index is 9.14. The highest BCUT2D eigenvalue weighted by atomic mass is 16.3. The van der Waals surface area contributed by atoms with E-state index in [1.807, 2.05) is 6.07 Å². The van der Waals surface area contributed by atoms with E-state index in [0.717, 1.165) is 18.7 Å². The normalized spacial score (nSPS) is 25.1. The molecular formula is C8H10N6O. The summed E-state index contributed by atoms with van der Waals surface area (Å²) >= 11 is 0. The molecular weight excluding hydrogens is 196 g/mol. The largest absolute Gasteiger partial charge is 0.393 e. The fourth-order valence-corrected chi connectivity index (χ4v) is 1.64. The van der Waals surface area contributed by atoms with Gasteiger partial charge in [0.05, 0.1) is 6.10 Å². The van der Waals surface area contributed by atoms with Crippen LogP contribution in [-0.4, -0.2) is 42.5 Å². The summed E-state index contributed by atoms with van der Waals surface area (Å²) in [5.74, 6) is 0.728. The van der Waals surface area contributed by atoms with Gasteiger partial charge in [0, 0.05) is 6.04 Å². The van der Waals surface area contributed by atoms with E-state index in [2.05, 4.69) is 25.9 Å². The molecule has 1 aliphatic rings. The fraction of sp³-hybridized carbons (Fsp3) is 0.500. The fourth-order valence-electron chi connectivity index (χ4n) is 1.64. The molecule has 7 nitrogen and oxygen atoms in total. The number of anilines is 1. The minimum Gasteiger partial charge on any atom is -0.393 e. The zero-order valence-corrected chi connectivity index (χ0v) is 7.91. The topological polar surface area (TPSA) is 88.2 Å². The first-order valence-corrected chi connectivity index (χ1v) is 4.81. The van der Waals surface area contributed by atoms with Crippen molar-refractivity contribution in [2.24, 2.45) is 0 Å². The molecule has 2 aromatic rings. The van der Waals surface area contributed by atoms with E-state index < -0.39 is 0 Å². The summed E-state index contributed by atoms with van der Waals surface area (Å²) in [6, 6.07) is 3.93. The zero-order valence-electron chi connectivity index (χ0n) is 7.91. The van der Waals surface area contributed by atoms with Gasteiger partial charge < -0.3 is 10.4 Å². The third-order valence-electron chi connectivity index (χ3n) is 2.53. The van der Waals surface area contributed by atoms with Gasteiger partial charge in [-0.1, -0.05) is 0 Å². The van der Waals surface area contributed by atoms with Crippen LogP contribution >= 0.6 is 0 Å². The van der Waals surface area contributed by atoms with E-state index in [9.17, 15) is 0 Å². The lowest BCUT2D eigenvalue weighted by atomic mass is 9.89. The molecule has 2 aromatic heterocycles. The molecule has 0 aliphatic heterocycles. The molecule has 0 spiro atoms. The summed E-state index contributed by atoms with van der Waals surface area (Å²) in [5, 5.41) is 27.5. The van der Waals surface area contributed by atoms with Crippen molar-refractivity contribution in [2.45, 2.75) is 25.0 Å². The Hall–Kier alpha value is -1.76. The minimum atomic E-state index is -0.167. The van der Waals surface area contributed by atoms with E-state index in [4.69, 9.17) is 5.11 Å². The summed E-state index contributed by atoms with van der Waals surface area (Å²) in [7, 11) is 0. The molecule has 15 heavy (non-hydrogen) atoms. The smallest absolute Gasteiger partial charge is 0.200 e. The molecule has 0 atom stereocenters. The van der Waals surface area contributed by atoms with Gasteiger partial charge in [-0.25, -0.2) is 0 Å². The molecule has 0 aromatic carbocycles. The summed E-state index contributed by atoms with van der Waals surface area (Å²) in [4.78, 5) is 0. The van der Waals surface area contributed by atoms with Gasteiger partial charge >= 0.3 is 0 Å². The standard InChI is InChI=1S/C8H10N6O/c15-6-3-5(4-6)9-7-1-2-8-10-12-13-14(8)11-7/h1-2,5-6,15H,3-4H2,(H,9,11). The highest BCUT2D eigenvalue weighted by Gasteiger charge is 2.27. The average Bonchev–Trinajstić information content (AvgIpc) is 2.62. The number of aliphatic hydroxyl groups is 1. The predicted molar refractivity (Wildman–Crippen MR) is 51.2 cm³/mol. The van der Waals surface area contributed by atoms with E-state index in [-0.39, 0.29) is 6.10 Å². The van der Waals surface area contributed by atoms with Gasteiger partial charge in [0.2, 0.25) is 0 Å². The Bertz CT molecular complexity index is 477. The third kappa shape index (κ3) is 1.50. The van der Waals surface area contributed by atoms with Crippen LogP contribution in [0.25, 0.3) is 5.65 Å². The van der Waals surface area contributed by atoms with Crippen LogP contribution in [0.15, 0.2) is 12.1 Å². The molecule has 0 saturated heterocycles. The Kier molecular flexibility index (Phi) is 1.78. The number of aliphatic hydroxyl groups excluding tert-OH is 1. The SMILES string of the molecule is OC1CC(Nc2ccc3nnnn3n2)C1. The number of nitrogens with zero attached hydrogens (tertiary/aromatic N) is 5.